The smallest absolute Gasteiger partial charge is 0.127 e. The van der Waals surface area contributed by atoms with Gasteiger partial charge in [-0.1, -0.05) is 18.2 Å². The lowest BCUT2D eigenvalue weighted by Gasteiger charge is -2.12. The molecule has 3 aromatic rings. The number of hydrogen-bond acceptors (Lipinski definition) is 4. The Kier molecular flexibility index (Phi) is 6.69. The highest BCUT2D eigenvalue weighted by molar-refractivity contribution is 5.85. The van der Waals surface area contributed by atoms with Crippen molar-refractivity contribution in [1.82, 2.24) is 10.3 Å². The number of nitrogens with zero attached hydrogens (tertiary/aromatic N) is 1. The summed E-state index contributed by atoms with van der Waals surface area (Å²) in [6, 6.07) is 20.3. The summed E-state index contributed by atoms with van der Waals surface area (Å²) in [6.45, 7) is 1.82. The molecule has 0 aliphatic carbocycles. The fourth-order valence-corrected chi connectivity index (χ4v) is 3.08. The second-order valence-corrected chi connectivity index (χ2v) is 6.44. The third kappa shape index (κ3) is 5.22. The Morgan fingerprint density at radius 1 is 0.889 bits per heavy atom. The fourth-order valence-electron chi connectivity index (χ4n) is 3.08. The van der Waals surface area contributed by atoms with Crippen LogP contribution in [0.4, 0.5) is 0 Å². The monoisotopic (exact) mass is 382 g/mol. The third-order valence-corrected chi connectivity index (χ3v) is 4.52. The van der Waals surface area contributed by atoms with Crippen molar-refractivity contribution in [1.29, 1.82) is 0 Å². The molecule has 5 heteroatoms. The minimum atomic E-state index is 0. The second kappa shape index (κ2) is 9.40. The first-order valence-corrected chi connectivity index (χ1v) is 9.01. The van der Waals surface area contributed by atoms with E-state index in [9.17, 15) is 0 Å². The molecule has 2 aromatic carbocycles. The summed E-state index contributed by atoms with van der Waals surface area (Å²) < 4.78 is 11.8. The van der Waals surface area contributed by atoms with Crippen LogP contribution in [0.15, 0.2) is 73.1 Å². The number of benzene rings is 2. The summed E-state index contributed by atoms with van der Waals surface area (Å²) in [5.41, 5.74) is 2.21. The fraction of sp³-hybridized carbons (Fsp3) is 0.227. The van der Waals surface area contributed by atoms with Gasteiger partial charge in [0.25, 0.3) is 0 Å². The van der Waals surface area contributed by atoms with E-state index in [0.717, 1.165) is 41.5 Å². The lowest BCUT2D eigenvalue weighted by atomic mass is 10.1. The van der Waals surface area contributed by atoms with Gasteiger partial charge in [-0.2, -0.15) is 0 Å². The maximum Gasteiger partial charge on any atom is 0.127 e. The van der Waals surface area contributed by atoms with Crippen LogP contribution in [0.2, 0.25) is 0 Å². The van der Waals surface area contributed by atoms with E-state index in [1.54, 1.807) is 6.20 Å². The maximum atomic E-state index is 5.92. The van der Waals surface area contributed by atoms with Gasteiger partial charge in [0.15, 0.2) is 0 Å². The maximum absolute atomic E-state index is 5.92. The molecule has 1 saturated heterocycles. The van der Waals surface area contributed by atoms with E-state index in [1.807, 2.05) is 66.9 Å². The van der Waals surface area contributed by atoms with E-state index in [4.69, 9.17) is 9.47 Å². The van der Waals surface area contributed by atoms with Gasteiger partial charge in [-0.15, -0.1) is 12.4 Å². The Morgan fingerprint density at radius 2 is 1.59 bits per heavy atom. The standard InChI is InChI=1S/C22H22N2O2.ClH/c1-3-18(15-23-13-1)17-5-7-21(8-6-17)26-22-11-9-20(10-12-22)25-16-19-4-2-14-24-19;/h1,3,5-13,15,19,24H,2,4,14,16H2;1H/t19-;/m1./s1. The first-order chi connectivity index (χ1) is 12.9. The van der Waals surface area contributed by atoms with Crippen LogP contribution >= 0.6 is 12.4 Å². The Morgan fingerprint density at radius 3 is 2.22 bits per heavy atom. The van der Waals surface area contributed by atoms with Crippen LogP contribution in [0.3, 0.4) is 0 Å². The molecule has 0 bridgehead atoms. The molecule has 0 unspecified atom stereocenters. The summed E-state index contributed by atoms with van der Waals surface area (Å²) in [7, 11) is 0. The SMILES string of the molecule is Cl.c1cncc(-c2ccc(Oc3ccc(OC[C@H]4CCCN4)cc3)cc2)c1. The van der Waals surface area contributed by atoms with E-state index in [1.165, 1.54) is 12.8 Å². The van der Waals surface area contributed by atoms with Crippen LogP contribution in [-0.4, -0.2) is 24.2 Å². The van der Waals surface area contributed by atoms with Gasteiger partial charge in [0, 0.05) is 18.4 Å². The van der Waals surface area contributed by atoms with Gasteiger partial charge in [-0.05, 0) is 73.0 Å². The quantitative estimate of drug-likeness (QED) is 0.644. The van der Waals surface area contributed by atoms with Gasteiger partial charge in [0.1, 0.15) is 23.9 Å². The minimum absolute atomic E-state index is 0. The molecule has 0 amide bonds. The average molecular weight is 383 g/mol. The van der Waals surface area contributed by atoms with Crippen LogP contribution in [0, 0.1) is 0 Å². The number of hydrogen-bond donors (Lipinski definition) is 1. The van der Waals surface area contributed by atoms with E-state index in [0.29, 0.717) is 6.04 Å². The number of rotatable bonds is 6. The largest absolute Gasteiger partial charge is 0.492 e. The van der Waals surface area contributed by atoms with Crippen molar-refractivity contribution in [3.8, 4) is 28.4 Å². The van der Waals surface area contributed by atoms with E-state index in [-0.39, 0.29) is 12.4 Å². The number of nitrogens with one attached hydrogen (secondary N) is 1. The summed E-state index contributed by atoms with van der Waals surface area (Å²) in [6.07, 6.45) is 6.06. The lowest BCUT2D eigenvalue weighted by Crippen LogP contribution is -2.28. The highest BCUT2D eigenvalue weighted by atomic mass is 35.5. The number of pyridine rings is 1. The van der Waals surface area contributed by atoms with Gasteiger partial charge < -0.3 is 14.8 Å². The number of halogens is 1. The van der Waals surface area contributed by atoms with E-state index in [2.05, 4.69) is 10.3 Å². The molecule has 27 heavy (non-hydrogen) atoms. The first-order valence-electron chi connectivity index (χ1n) is 9.01. The van der Waals surface area contributed by atoms with Crippen LogP contribution in [0.5, 0.6) is 17.2 Å². The Bertz CT molecular complexity index is 817. The highest BCUT2D eigenvalue weighted by Gasteiger charge is 2.14. The molecule has 1 aliphatic heterocycles. The van der Waals surface area contributed by atoms with Gasteiger partial charge in [0.2, 0.25) is 0 Å². The molecular formula is C22H23ClN2O2. The summed E-state index contributed by atoms with van der Waals surface area (Å²) in [4.78, 5) is 4.15. The minimum Gasteiger partial charge on any atom is -0.492 e. The van der Waals surface area contributed by atoms with Gasteiger partial charge in [-0.25, -0.2) is 0 Å². The highest BCUT2D eigenvalue weighted by Crippen LogP contribution is 2.26. The first kappa shape index (κ1) is 19.2. The zero-order valence-electron chi connectivity index (χ0n) is 15.0. The van der Waals surface area contributed by atoms with Crippen molar-refractivity contribution in [2.24, 2.45) is 0 Å². The van der Waals surface area contributed by atoms with Crippen molar-refractivity contribution in [3.63, 3.8) is 0 Å². The molecule has 1 fully saturated rings. The van der Waals surface area contributed by atoms with Crippen molar-refractivity contribution in [2.75, 3.05) is 13.2 Å². The normalized spacial score (nSPS) is 15.8. The Labute approximate surface area is 166 Å². The predicted octanol–water partition coefficient (Wildman–Crippen LogP) is 5.09. The molecule has 2 heterocycles. The third-order valence-electron chi connectivity index (χ3n) is 4.52. The second-order valence-electron chi connectivity index (χ2n) is 6.44. The molecule has 1 N–H and O–H groups in total. The van der Waals surface area contributed by atoms with Crippen LogP contribution < -0.4 is 14.8 Å². The molecule has 0 spiro atoms. The molecule has 1 atom stereocenters. The van der Waals surface area contributed by atoms with E-state index < -0.39 is 0 Å². The zero-order chi connectivity index (χ0) is 17.6. The van der Waals surface area contributed by atoms with Crippen molar-refractivity contribution < 1.29 is 9.47 Å². The molecule has 0 radical (unpaired) electrons. The summed E-state index contributed by atoms with van der Waals surface area (Å²) in [5.74, 6) is 2.48. The molecule has 1 aromatic heterocycles. The average Bonchev–Trinajstić information content (AvgIpc) is 3.22. The molecular weight excluding hydrogens is 360 g/mol. The summed E-state index contributed by atoms with van der Waals surface area (Å²) in [5, 5.41) is 3.43. The zero-order valence-corrected chi connectivity index (χ0v) is 15.8. The van der Waals surface area contributed by atoms with Gasteiger partial charge >= 0.3 is 0 Å². The van der Waals surface area contributed by atoms with Crippen LogP contribution in [0.25, 0.3) is 11.1 Å². The molecule has 4 rings (SSSR count). The number of aromatic nitrogens is 1. The molecule has 140 valence electrons. The molecule has 0 saturated carbocycles. The lowest BCUT2D eigenvalue weighted by molar-refractivity contribution is 0.277. The van der Waals surface area contributed by atoms with Gasteiger partial charge in [0.05, 0.1) is 0 Å². The van der Waals surface area contributed by atoms with Crippen molar-refractivity contribution in [2.45, 2.75) is 18.9 Å². The predicted molar refractivity (Wildman–Crippen MR) is 110 cm³/mol. The van der Waals surface area contributed by atoms with Crippen molar-refractivity contribution >= 4 is 12.4 Å². The molecule has 1 aliphatic rings. The number of ether oxygens (including phenoxy) is 2. The Balaban J connectivity index is 0.00000210. The topological polar surface area (TPSA) is 43.4 Å². The summed E-state index contributed by atoms with van der Waals surface area (Å²) >= 11 is 0. The Hall–Kier alpha value is -2.56. The molecule has 4 nitrogen and oxygen atoms in total. The van der Waals surface area contributed by atoms with Crippen LogP contribution in [-0.2, 0) is 0 Å². The van der Waals surface area contributed by atoms with Crippen molar-refractivity contribution in [3.05, 3.63) is 73.1 Å². The van der Waals surface area contributed by atoms with Crippen LogP contribution in [0.1, 0.15) is 12.8 Å². The van der Waals surface area contributed by atoms with E-state index >= 15 is 0 Å². The van der Waals surface area contributed by atoms with Gasteiger partial charge in [-0.3, -0.25) is 4.98 Å².